The topological polar surface area (TPSA) is 91.6 Å². The molecule has 7 bridgehead atoms. The SMILES string of the molecule is CCN1CC2(COC)CCC(OC)C34C1C(CC23)C1(O)CC(OC)C2CC4(O)C1C2O. The quantitative estimate of drug-likeness (QED) is 0.582. The molecular weight excluding hydrogens is 398 g/mol. The molecule has 1 spiro atoms. The number of nitrogens with zero attached hydrogens (tertiary/aromatic N) is 1. The van der Waals surface area contributed by atoms with Crippen LogP contribution in [0, 0.1) is 34.5 Å². The summed E-state index contributed by atoms with van der Waals surface area (Å²) < 4.78 is 17.8. The number of hydrogen-bond acceptors (Lipinski definition) is 7. The number of hydrogen-bond donors (Lipinski definition) is 3. The first-order valence-corrected chi connectivity index (χ1v) is 12.2. The molecule has 12 atom stereocenters. The molecule has 12 unspecified atom stereocenters. The predicted octanol–water partition coefficient (Wildman–Crippen LogP) is 0.646. The minimum atomic E-state index is -1.19. The molecule has 5 saturated carbocycles. The first kappa shape index (κ1) is 21.3. The van der Waals surface area contributed by atoms with Crippen molar-refractivity contribution in [2.24, 2.45) is 34.5 Å². The predicted molar refractivity (Wildman–Crippen MR) is 112 cm³/mol. The molecule has 31 heavy (non-hydrogen) atoms. The summed E-state index contributed by atoms with van der Waals surface area (Å²) in [5.74, 6) is -0.497. The molecule has 1 heterocycles. The molecule has 0 aromatic rings. The van der Waals surface area contributed by atoms with Crippen LogP contribution in [0.25, 0.3) is 0 Å². The lowest BCUT2D eigenvalue weighted by molar-refractivity contribution is -0.328. The third-order valence-corrected chi connectivity index (χ3v) is 11.2. The molecule has 0 radical (unpaired) electrons. The van der Waals surface area contributed by atoms with Crippen molar-refractivity contribution in [3.05, 3.63) is 0 Å². The van der Waals surface area contributed by atoms with Crippen LogP contribution >= 0.6 is 0 Å². The van der Waals surface area contributed by atoms with E-state index in [1.165, 1.54) is 0 Å². The molecule has 7 heteroatoms. The first-order chi connectivity index (χ1) is 14.8. The Morgan fingerprint density at radius 3 is 2.52 bits per heavy atom. The van der Waals surface area contributed by atoms with E-state index in [1.54, 1.807) is 21.3 Å². The van der Waals surface area contributed by atoms with Gasteiger partial charge in [0.25, 0.3) is 0 Å². The van der Waals surface area contributed by atoms with Crippen molar-refractivity contribution in [1.82, 2.24) is 4.90 Å². The van der Waals surface area contributed by atoms with Gasteiger partial charge in [0, 0.05) is 68.9 Å². The van der Waals surface area contributed by atoms with Crippen molar-refractivity contribution in [3.8, 4) is 0 Å². The Hall–Kier alpha value is -0.280. The highest BCUT2D eigenvalue weighted by Crippen LogP contribution is 2.80. The molecule has 0 aromatic heterocycles. The molecule has 7 nitrogen and oxygen atoms in total. The van der Waals surface area contributed by atoms with Gasteiger partial charge < -0.3 is 29.5 Å². The van der Waals surface area contributed by atoms with Crippen molar-refractivity contribution in [2.75, 3.05) is 41.0 Å². The molecular formula is C24H39NO6. The molecule has 5 aliphatic carbocycles. The summed E-state index contributed by atoms with van der Waals surface area (Å²) in [5.41, 5.74) is -2.88. The fourth-order valence-corrected chi connectivity index (χ4v) is 10.7. The van der Waals surface area contributed by atoms with Crippen LogP contribution in [0.3, 0.4) is 0 Å². The Morgan fingerprint density at radius 1 is 1.10 bits per heavy atom. The molecule has 1 saturated heterocycles. The maximum atomic E-state index is 12.8. The second-order valence-electron chi connectivity index (χ2n) is 11.6. The van der Waals surface area contributed by atoms with Crippen molar-refractivity contribution >= 4 is 0 Å². The molecule has 6 aliphatic rings. The van der Waals surface area contributed by atoms with E-state index >= 15 is 0 Å². The van der Waals surface area contributed by atoms with Gasteiger partial charge in [-0.25, -0.2) is 0 Å². The average Bonchev–Trinajstić information content (AvgIpc) is 3.14. The Bertz CT molecular complexity index is 766. The smallest absolute Gasteiger partial charge is 0.0831 e. The minimum Gasteiger partial charge on any atom is -0.392 e. The van der Waals surface area contributed by atoms with Gasteiger partial charge in [-0.1, -0.05) is 6.92 Å². The zero-order valence-electron chi connectivity index (χ0n) is 19.3. The summed E-state index contributed by atoms with van der Waals surface area (Å²) in [6, 6.07) is 0.0468. The van der Waals surface area contributed by atoms with Gasteiger partial charge in [0.2, 0.25) is 0 Å². The largest absolute Gasteiger partial charge is 0.392 e. The van der Waals surface area contributed by atoms with E-state index < -0.39 is 28.6 Å². The summed E-state index contributed by atoms with van der Waals surface area (Å²) in [7, 11) is 5.23. The number of piperidine rings is 1. The van der Waals surface area contributed by atoms with E-state index in [9.17, 15) is 15.3 Å². The molecule has 6 rings (SSSR count). The number of methoxy groups -OCH3 is 3. The summed E-state index contributed by atoms with van der Waals surface area (Å²) >= 11 is 0. The standard InChI is InChI=1S/C24H39NO6/c1-5-25-11-21(12-29-2)7-6-17(31-4)24-16(21)8-14(20(24)25)22(27)10-15(30-3)13-9-23(24,28)19(22)18(13)26/h13-20,26-28H,5-12H2,1-4H3. The second-order valence-corrected chi connectivity index (χ2v) is 11.6. The van der Waals surface area contributed by atoms with E-state index in [0.29, 0.717) is 19.4 Å². The highest BCUT2D eigenvalue weighted by Gasteiger charge is 2.88. The van der Waals surface area contributed by atoms with Crippen LogP contribution in [0.1, 0.15) is 39.0 Å². The average molecular weight is 438 g/mol. The molecule has 1 aliphatic heterocycles. The van der Waals surface area contributed by atoms with Crippen LogP contribution in [0.15, 0.2) is 0 Å². The van der Waals surface area contributed by atoms with Gasteiger partial charge in [0.05, 0.1) is 36.1 Å². The van der Waals surface area contributed by atoms with E-state index in [0.717, 1.165) is 32.4 Å². The van der Waals surface area contributed by atoms with Gasteiger partial charge >= 0.3 is 0 Å². The van der Waals surface area contributed by atoms with Crippen LogP contribution in [-0.2, 0) is 14.2 Å². The zero-order chi connectivity index (χ0) is 22.0. The molecule has 3 N–H and O–H groups in total. The van der Waals surface area contributed by atoms with Gasteiger partial charge in [-0.2, -0.15) is 0 Å². The van der Waals surface area contributed by atoms with E-state index in [-0.39, 0.29) is 41.4 Å². The lowest BCUT2D eigenvalue weighted by atomic mass is 9.41. The monoisotopic (exact) mass is 437 g/mol. The fraction of sp³-hybridized carbons (Fsp3) is 1.00. The molecule has 0 aromatic carbocycles. The second kappa shape index (κ2) is 6.44. The molecule has 0 amide bonds. The lowest BCUT2D eigenvalue weighted by Crippen LogP contribution is -2.82. The number of rotatable bonds is 5. The first-order valence-electron chi connectivity index (χ1n) is 12.2. The Morgan fingerprint density at radius 2 is 1.87 bits per heavy atom. The number of fused-ring (bicyclic) bond motifs is 2. The van der Waals surface area contributed by atoms with Gasteiger partial charge in [0.15, 0.2) is 0 Å². The van der Waals surface area contributed by atoms with Gasteiger partial charge in [-0.05, 0) is 38.1 Å². The van der Waals surface area contributed by atoms with Crippen LogP contribution in [-0.4, -0.2) is 96.8 Å². The van der Waals surface area contributed by atoms with Crippen molar-refractivity contribution in [3.63, 3.8) is 0 Å². The molecule has 6 fully saturated rings. The highest BCUT2D eigenvalue weighted by atomic mass is 16.5. The summed E-state index contributed by atoms with van der Waals surface area (Å²) in [4.78, 5) is 2.52. The number of likely N-dealkylation sites (tertiary alicyclic amines) is 1. The maximum absolute atomic E-state index is 12.8. The normalized spacial score (nSPS) is 61.6. The number of ether oxygens (including phenoxy) is 3. The fourth-order valence-electron chi connectivity index (χ4n) is 10.7. The Labute approximate surface area is 185 Å². The summed E-state index contributed by atoms with van der Waals surface area (Å²) in [5, 5.41) is 36.6. The van der Waals surface area contributed by atoms with E-state index in [1.807, 2.05) is 0 Å². The third-order valence-electron chi connectivity index (χ3n) is 11.2. The maximum Gasteiger partial charge on any atom is 0.0831 e. The summed E-state index contributed by atoms with van der Waals surface area (Å²) in [6.07, 6.45) is 2.64. The van der Waals surface area contributed by atoms with Gasteiger partial charge in [0.1, 0.15) is 0 Å². The van der Waals surface area contributed by atoms with Crippen LogP contribution < -0.4 is 0 Å². The van der Waals surface area contributed by atoms with E-state index in [2.05, 4.69) is 11.8 Å². The van der Waals surface area contributed by atoms with Gasteiger partial charge in [-0.15, -0.1) is 0 Å². The summed E-state index contributed by atoms with van der Waals surface area (Å²) in [6.45, 7) is 4.66. The van der Waals surface area contributed by atoms with E-state index in [4.69, 9.17) is 14.2 Å². The number of aliphatic hydroxyl groups excluding tert-OH is 1. The Balaban J connectivity index is 1.63. The lowest BCUT2D eigenvalue weighted by Gasteiger charge is -2.71. The Kier molecular flexibility index (Phi) is 4.41. The van der Waals surface area contributed by atoms with Crippen LogP contribution in [0.4, 0.5) is 0 Å². The highest BCUT2D eigenvalue weighted by molar-refractivity contribution is 5.38. The number of aliphatic hydroxyl groups is 3. The van der Waals surface area contributed by atoms with Crippen molar-refractivity contribution < 1.29 is 29.5 Å². The van der Waals surface area contributed by atoms with Gasteiger partial charge in [-0.3, -0.25) is 4.90 Å². The third kappa shape index (κ3) is 2.04. The minimum absolute atomic E-state index is 0.0106. The molecule has 176 valence electrons. The van der Waals surface area contributed by atoms with Crippen LogP contribution in [0.5, 0.6) is 0 Å². The van der Waals surface area contributed by atoms with Crippen LogP contribution in [0.2, 0.25) is 0 Å². The zero-order valence-corrected chi connectivity index (χ0v) is 19.3. The van der Waals surface area contributed by atoms with Crippen molar-refractivity contribution in [2.45, 2.75) is 74.6 Å². The van der Waals surface area contributed by atoms with Crippen molar-refractivity contribution in [1.29, 1.82) is 0 Å².